The molecule has 0 fully saturated rings. The first-order valence-electron chi connectivity index (χ1n) is 5.64. The molecule has 0 aromatic heterocycles. The molecule has 4 nitrogen and oxygen atoms in total. The van der Waals surface area contributed by atoms with E-state index in [1.807, 2.05) is 6.07 Å². The monoisotopic (exact) mass is 285 g/mol. The van der Waals surface area contributed by atoms with Crippen LogP contribution in [0, 0.1) is 0 Å². The minimum absolute atomic E-state index is 0.113. The molecule has 0 aliphatic rings. The van der Waals surface area contributed by atoms with Gasteiger partial charge in [0.2, 0.25) is 0 Å². The zero-order chi connectivity index (χ0) is 13.4. The highest BCUT2D eigenvalue weighted by Crippen LogP contribution is 2.21. The summed E-state index contributed by atoms with van der Waals surface area (Å²) in [6, 6.07) is 5.37. The van der Waals surface area contributed by atoms with Crippen molar-refractivity contribution in [2.75, 3.05) is 6.61 Å². The molecule has 98 valence electrons. The van der Waals surface area contributed by atoms with Crippen LogP contribution in [0.4, 0.5) is 0 Å². The normalized spacial score (nSPS) is 10.6. The Balaban J connectivity index is 2.76. The van der Waals surface area contributed by atoms with Gasteiger partial charge in [0.1, 0.15) is 5.75 Å². The summed E-state index contributed by atoms with van der Waals surface area (Å²) in [4.78, 5) is 0. The van der Waals surface area contributed by atoms with E-state index in [0.29, 0.717) is 11.6 Å². The molecule has 1 rings (SSSR count). The molecule has 0 aliphatic carbocycles. The molecule has 1 aromatic rings. The highest BCUT2D eigenvalue weighted by atomic mass is 35.5. The van der Waals surface area contributed by atoms with Crippen LogP contribution < -0.4 is 15.9 Å². The maximum Gasteiger partial charge on any atom is 0.184 e. The summed E-state index contributed by atoms with van der Waals surface area (Å²) in [5.41, 5.74) is 8.54. The van der Waals surface area contributed by atoms with Crippen LogP contribution in [-0.4, -0.2) is 17.9 Å². The summed E-state index contributed by atoms with van der Waals surface area (Å²) in [7, 11) is 0. The van der Waals surface area contributed by atoms with Crippen molar-refractivity contribution in [1.82, 2.24) is 5.43 Å². The fourth-order valence-corrected chi connectivity index (χ4v) is 1.48. The van der Waals surface area contributed by atoms with E-state index in [0.717, 1.165) is 24.2 Å². The van der Waals surface area contributed by atoms with Crippen LogP contribution in [0.3, 0.4) is 0 Å². The van der Waals surface area contributed by atoms with Crippen molar-refractivity contribution in [2.45, 2.75) is 19.8 Å². The Morgan fingerprint density at radius 2 is 2.39 bits per heavy atom. The molecule has 0 amide bonds. The summed E-state index contributed by atoms with van der Waals surface area (Å²) in [5.74, 6) is 0.737. The fourth-order valence-electron chi connectivity index (χ4n) is 1.24. The Morgan fingerprint density at radius 1 is 1.61 bits per heavy atom. The molecular weight excluding hydrogens is 270 g/mol. The lowest BCUT2D eigenvalue weighted by Gasteiger charge is -2.08. The largest absolute Gasteiger partial charge is 0.493 e. The number of hydrazone groups is 1. The first-order chi connectivity index (χ1) is 8.63. The summed E-state index contributed by atoms with van der Waals surface area (Å²) in [6.45, 7) is 2.78. The molecule has 0 spiro atoms. The second-order valence-electron chi connectivity index (χ2n) is 3.62. The van der Waals surface area contributed by atoms with Gasteiger partial charge in [0.05, 0.1) is 12.8 Å². The lowest BCUT2D eigenvalue weighted by Crippen LogP contribution is -2.24. The molecule has 0 radical (unpaired) electrons. The van der Waals surface area contributed by atoms with E-state index in [2.05, 4.69) is 29.7 Å². The molecule has 6 heteroatoms. The van der Waals surface area contributed by atoms with Gasteiger partial charge in [0, 0.05) is 10.6 Å². The first kappa shape index (κ1) is 14.7. The van der Waals surface area contributed by atoms with Gasteiger partial charge in [-0.3, -0.25) is 5.43 Å². The lowest BCUT2D eigenvalue weighted by atomic mass is 10.2. The van der Waals surface area contributed by atoms with E-state index in [9.17, 15) is 0 Å². The molecule has 0 saturated carbocycles. The van der Waals surface area contributed by atoms with Crippen LogP contribution in [0.15, 0.2) is 23.3 Å². The summed E-state index contributed by atoms with van der Waals surface area (Å²) in [6.07, 6.45) is 3.66. The number of hydrogen-bond acceptors (Lipinski definition) is 3. The van der Waals surface area contributed by atoms with Crippen molar-refractivity contribution in [1.29, 1.82) is 0 Å². The number of benzene rings is 1. The number of rotatable bonds is 6. The predicted molar refractivity (Wildman–Crippen MR) is 79.4 cm³/mol. The highest BCUT2D eigenvalue weighted by molar-refractivity contribution is 7.80. The van der Waals surface area contributed by atoms with Gasteiger partial charge in [-0.1, -0.05) is 24.9 Å². The molecule has 18 heavy (non-hydrogen) atoms. The topological polar surface area (TPSA) is 59.6 Å². The van der Waals surface area contributed by atoms with Crippen LogP contribution in [0.1, 0.15) is 25.3 Å². The van der Waals surface area contributed by atoms with E-state index in [-0.39, 0.29) is 5.11 Å². The van der Waals surface area contributed by atoms with Crippen molar-refractivity contribution in [3.63, 3.8) is 0 Å². The summed E-state index contributed by atoms with van der Waals surface area (Å²) >= 11 is 10.6. The van der Waals surface area contributed by atoms with Crippen LogP contribution >= 0.6 is 23.8 Å². The van der Waals surface area contributed by atoms with Crippen molar-refractivity contribution in [2.24, 2.45) is 10.8 Å². The second kappa shape index (κ2) is 7.89. The Hall–Kier alpha value is -1.33. The number of nitrogens with zero attached hydrogens (tertiary/aromatic N) is 1. The van der Waals surface area contributed by atoms with Gasteiger partial charge in [-0.2, -0.15) is 5.10 Å². The van der Waals surface area contributed by atoms with E-state index in [1.165, 1.54) is 0 Å². The molecule has 3 N–H and O–H groups in total. The molecule has 0 atom stereocenters. The highest BCUT2D eigenvalue weighted by Gasteiger charge is 2.02. The zero-order valence-corrected chi connectivity index (χ0v) is 11.7. The predicted octanol–water partition coefficient (Wildman–Crippen LogP) is 2.69. The maximum absolute atomic E-state index is 5.93. The van der Waals surface area contributed by atoms with Gasteiger partial charge in [-0.15, -0.1) is 0 Å². The van der Waals surface area contributed by atoms with Crippen molar-refractivity contribution >= 4 is 35.1 Å². The molecule has 0 unspecified atom stereocenters. The van der Waals surface area contributed by atoms with Crippen molar-refractivity contribution in [3.8, 4) is 5.75 Å². The van der Waals surface area contributed by atoms with Crippen LogP contribution in [0.2, 0.25) is 5.02 Å². The van der Waals surface area contributed by atoms with Crippen LogP contribution in [-0.2, 0) is 0 Å². The smallest absolute Gasteiger partial charge is 0.184 e. The van der Waals surface area contributed by atoms with E-state index < -0.39 is 0 Å². The third-order valence-electron chi connectivity index (χ3n) is 2.11. The number of nitrogens with two attached hydrogens (primary N) is 1. The molecule has 0 bridgehead atoms. The number of halogens is 1. The summed E-state index contributed by atoms with van der Waals surface area (Å²) < 4.78 is 5.65. The SMILES string of the molecule is CCCCOc1ccc(Cl)cc1C=NNC(N)=S. The van der Waals surface area contributed by atoms with Gasteiger partial charge in [0.25, 0.3) is 0 Å². The average Bonchev–Trinajstić information content (AvgIpc) is 2.31. The lowest BCUT2D eigenvalue weighted by molar-refractivity contribution is 0.309. The Kier molecular flexibility index (Phi) is 6.46. The van der Waals surface area contributed by atoms with Crippen molar-refractivity contribution in [3.05, 3.63) is 28.8 Å². The minimum Gasteiger partial charge on any atom is -0.493 e. The van der Waals surface area contributed by atoms with Gasteiger partial charge < -0.3 is 10.5 Å². The summed E-state index contributed by atoms with van der Waals surface area (Å²) in [5, 5.41) is 4.62. The van der Waals surface area contributed by atoms with E-state index >= 15 is 0 Å². The maximum atomic E-state index is 5.93. The van der Waals surface area contributed by atoms with Gasteiger partial charge in [-0.25, -0.2) is 0 Å². The Bertz CT molecular complexity index is 437. The second-order valence-corrected chi connectivity index (χ2v) is 4.49. The molecule has 0 saturated heterocycles. The molecule has 0 heterocycles. The quantitative estimate of drug-likeness (QED) is 0.365. The van der Waals surface area contributed by atoms with Crippen LogP contribution in [0.5, 0.6) is 5.75 Å². The van der Waals surface area contributed by atoms with E-state index in [1.54, 1.807) is 18.3 Å². The first-order valence-corrected chi connectivity index (χ1v) is 6.43. The molecule has 0 aliphatic heterocycles. The third kappa shape index (κ3) is 5.33. The fraction of sp³-hybridized carbons (Fsp3) is 0.333. The van der Waals surface area contributed by atoms with Gasteiger partial charge in [0.15, 0.2) is 5.11 Å². The van der Waals surface area contributed by atoms with Gasteiger partial charge >= 0.3 is 0 Å². The molecule has 1 aromatic carbocycles. The number of unbranched alkanes of at least 4 members (excludes halogenated alkanes) is 1. The van der Waals surface area contributed by atoms with Crippen molar-refractivity contribution < 1.29 is 4.74 Å². The standard InChI is InChI=1S/C12H16ClN3OS/c1-2-3-6-17-11-5-4-10(13)7-9(11)8-15-16-12(14)18/h4-5,7-8H,2-3,6H2,1H3,(H3,14,16,18). The Labute approximate surface area is 117 Å². The van der Waals surface area contributed by atoms with Gasteiger partial charge in [-0.05, 0) is 36.8 Å². The number of hydrogen-bond donors (Lipinski definition) is 2. The molecular formula is C12H16ClN3OS. The van der Waals surface area contributed by atoms with E-state index in [4.69, 9.17) is 22.1 Å². The number of thiocarbonyl (C=S) groups is 1. The third-order valence-corrected chi connectivity index (χ3v) is 2.43. The number of ether oxygens (including phenoxy) is 1. The number of nitrogens with one attached hydrogen (secondary N) is 1. The minimum atomic E-state index is 0.113. The average molecular weight is 286 g/mol. The zero-order valence-electron chi connectivity index (χ0n) is 10.1. The van der Waals surface area contributed by atoms with Crippen LogP contribution in [0.25, 0.3) is 0 Å². The Morgan fingerprint density at radius 3 is 3.06 bits per heavy atom.